The van der Waals surface area contributed by atoms with Gasteiger partial charge in [-0.15, -0.1) is 0 Å². The molecule has 7 heteroatoms. The summed E-state index contributed by atoms with van der Waals surface area (Å²) in [5.41, 5.74) is 1.16. The number of hydrogen-bond donors (Lipinski definition) is 1. The van der Waals surface area contributed by atoms with Gasteiger partial charge in [0, 0.05) is 50.7 Å². The number of aryl methyl sites for hydroxylation is 1. The first-order valence-corrected chi connectivity index (χ1v) is 9.38. The van der Waals surface area contributed by atoms with Gasteiger partial charge in [0.1, 0.15) is 0 Å². The van der Waals surface area contributed by atoms with Crippen LogP contribution < -0.4 is 5.32 Å². The highest BCUT2D eigenvalue weighted by Crippen LogP contribution is 2.14. The van der Waals surface area contributed by atoms with Crippen LogP contribution in [0, 0.1) is 0 Å². The molecule has 0 aromatic heterocycles. The second-order valence-electron chi connectivity index (χ2n) is 6.13. The van der Waals surface area contributed by atoms with Crippen molar-refractivity contribution in [1.29, 1.82) is 0 Å². The summed E-state index contributed by atoms with van der Waals surface area (Å²) in [5, 5.41) is 2.82. The zero-order valence-electron chi connectivity index (χ0n) is 14.7. The first-order chi connectivity index (χ1) is 12.1. The topological polar surface area (TPSA) is 61.9 Å². The standard InChI is InChI=1S/C18H26BrN3O3/c1-25-12-7-20-17(23)14-21-8-10-22(11-9-21)18(24)6-5-15-3-2-4-16(19)13-15/h2-4,13H,5-12,14H2,1H3,(H,20,23). The van der Waals surface area contributed by atoms with Gasteiger partial charge >= 0.3 is 0 Å². The molecule has 1 fully saturated rings. The Hall–Kier alpha value is -1.44. The van der Waals surface area contributed by atoms with E-state index in [1.54, 1.807) is 7.11 Å². The zero-order chi connectivity index (χ0) is 18.1. The number of methoxy groups -OCH3 is 1. The summed E-state index contributed by atoms with van der Waals surface area (Å²) in [4.78, 5) is 28.1. The van der Waals surface area contributed by atoms with Crippen LogP contribution in [0.4, 0.5) is 0 Å². The van der Waals surface area contributed by atoms with Crippen LogP contribution in [0.2, 0.25) is 0 Å². The van der Waals surface area contributed by atoms with E-state index in [9.17, 15) is 9.59 Å². The molecule has 2 amide bonds. The maximum Gasteiger partial charge on any atom is 0.234 e. The fraction of sp³-hybridized carbons (Fsp3) is 0.556. The molecule has 6 nitrogen and oxygen atoms in total. The van der Waals surface area contributed by atoms with Gasteiger partial charge in [0.15, 0.2) is 0 Å². The van der Waals surface area contributed by atoms with E-state index in [0.29, 0.717) is 39.2 Å². The summed E-state index contributed by atoms with van der Waals surface area (Å²) in [5.74, 6) is 0.190. The molecular weight excluding hydrogens is 386 g/mol. The zero-order valence-corrected chi connectivity index (χ0v) is 16.3. The van der Waals surface area contributed by atoms with Gasteiger partial charge in [-0.2, -0.15) is 0 Å². The molecule has 0 radical (unpaired) electrons. The lowest BCUT2D eigenvalue weighted by atomic mass is 10.1. The SMILES string of the molecule is COCCNC(=O)CN1CCN(C(=O)CCc2cccc(Br)c2)CC1. The molecule has 1 aromatic carbocycles. The minimum atomic E-state index is 0.00600. The third kappa shape index (κ3) is 7.13. The smallest absolute Gasteiger partial charge is 0.234 e. The molecule has 1 heterocycles. The minimum absolute atomic E-state index is 0.00600. The molecule has 1 N–H and O–H groups in total. The highest BCUT2D eigenvalue weighted by atomic mass is 79.9. The van der Waals surface area contributed by atoms with Gasteiger partial charge in [-0.25, -0.2) is 0 Å². The lowest BCUT2D eigenvalue weighted by Crippen LogP contribution is -2.51. The van der Waals surface area contributed by atoms with E-state index in [0.717, 1.165) is 29.5 Å². The summed E-state index contributed by atoms with van der Waals surface area (Å²) in [6.45, 7) is 4.27. The Morgan fingerprint density at radius 3 is 2.68 bits per heavy atom. The number of nitrogens with zero attached hydrogens (tertiary/aromatic N) is 2. The van der Waals surface area contributed by atoms with Crippen molar-refractivity contribution >= 4 is 27.7 Å². The number of amides is 2. The average molecular weight is 412 g/mol. The monoisotopic (exact) mass is 411 g/mol. The maximum absolute atomic E-state index is 12.4. The summed E-state index contributed by atoms with van der Waals surface area (Å²) >= 11 is 3.45. The number of carbonyl (C=O) groups is 2. The third-order valence-corrected chi connectivity index (χ3v) is 4.73. The number of nitrogens with one attached hydrogen (secondary N) is 1. The van der Waals surface area contributed by atoms with Crippen LogP contribution in [-0.2, 0) is 20.7 Å². The molecule has 1 aliphatic heterocycles. The van der Waals surface area contributed by atoms with Crippen molar-refractivity contribution in [3.05, 3.63) is 34.3 Å². The van der Waals surface area contributed by atoms with Crippen LogP contribution in [0.25, 0.3) is 0 Å². The molecule has 0 saturated carbocycles. The summed E-state index contributed by atoms with van der Waals surface area (Å²) < 4.78 is 5.95. The lowest BCUT2D eigenvalue weighted by Gasteiger charge is -2.34. The van der Waals surface area contributed by atoms with E-state index >= 15 is 0 Å². The Morgan fingerprint density at radius 1 is 1.24 bits per heavy atom. The number of halogens is 1. The molecule has 0 bridgehead atoms. The molecule has 2 rings (SSSR count). The minimum Gasteiger partial charge on any atom is -0.383 e. The number of piperazine rings is 1. The van der Waals surface area contributed by atoms with Crippen LogP contribution in [0.3, 0.4) is 0 Å². The van der Waals surface area contributed by atoms with Gasteiger partial charge in [0.2, 0.25) is 11.8 Å². The van der Waals surface area contributed by atoms with Crippen molar-refractivity contribution < 1.29 is 14.3 Å². The Morgan fingerprint density at radius 2 is 2.00 bits per heavy atom. The van der Waals surface area contributed by atoms with E-state index in [4.69, 9.17) is 4.74 Å². The first-order valence-electron chi connectivity index (χ1n) is 8.58. The Balaban J connectivity index is 1.67. The van der Waals surface area contributed by atoms with Gasteiger partial charge in [0.25, 0.3) is 0 Å². The quantitative estimate of drug-likeness (QED) is 0.654. The Bertz CT molecular complexity index is 574. The Kier molecular flexibility index (Phi) is 8.37. The molecule has 0 unspecified atom stereocenters. The molecule has 1 saturated heterocycles. The van der Waals surface area contributed by atoms with Gasteiger partial charge in [-0.05, 0) is 24.1 Å². The van der Waals surface area contributed by atoms with Crippen molar-refractivity contribution in [2.75, 3.05) is 53.0 Å². The maximum atomic E-state index is 12.4. The van der Waals surface area contributed by atoms with Crippen LogP contribution >= 0.6 is 15.9 Å². The van der Waals surface area contributed by atoms with E-state index in [-0.39, 0.29) is 11.8 Å². The van der Waals surface area contributed by atoms with Crippen LogP contribution in [0.15, 0.2) is 28.7 Å². The van der Waals surface area contributed by atoms with Gasteiger partial charge in [0.05, 0.1) is 13.2 Å². The van der Waals surface area contributed by atoms with E-state index in [1.165, 1.54) is 0 Å². The normalized spacial score (nSPS) is 15.2. The average Bonchev–Trinajstić information content (AvgIpc) is 2.60. The van der Waals surface area contributed by atoms with E-state index in [2.05, 4.69) is 26.1 Å². The highest BCUT2D eigenvalue weighted by Gasteiger charge is 2.22. The lowest BCUT2D eigenvalue weighted by molar-refractivity contribution is -0.133. The predicted octanol–water partition coefficient (Wildman–Crippen LogP) is 1.29. The molecule has 0 spiro atoms. The van der Waals surface area contributed by atoms with Crippen molar-refractivity contribution in [2.24, 2.45) is 0 Å². The fourth-order valence-corrected chi connectivity index (χ4v) is 3.26. The first kappa shape index (κ1) is 19.9. The molecule has 138 valence electrons. The summed E-state index contributed by atoms with van der Waals surface area (Å²) in [6.07, 6.45) is 1.27. The number of rotatable bonds is 8. The molecule has 0 atom stereocenters. The number of carbonyl (C=O) groups excluding carboxylic acids is 2. The summed E-state index contributed by atoms with van der Waals surface area (Å²) in [7, 11) is 1.61. The van der Waals surface area contributed by atoms with E-state index < -0.39 is 0 Å². The summed E-state index contributed by atoms with van der Waals surface area (Å²) in [6, 6.07) is 8.06. The van der Waals surface area contributed by atoms with E-state index in [1.807, 2.05) is 29.2 Å². The van der Waals surface area contributed by atoms with Crippen molar-refractivity contribution in [2.45, 2.75) is 12.8 Å². The molecule has 0 aliphatic carbocycles. The van der Waals surface area contributed by atoms with Crippen molar-refractivity contribution in [3.63, 3.8) is 0 Å². The Labute approximate surface area is 157 Å². The molecule has 1 aromatic rings. The van der Waals surface area contributed by atoms with Crippen LogP contribution in [0.1, 0.15) is 12.0 Å². The van der Waals surface area contributed by atoms with Gasteiger partial charge < -0.3 is 15.0 Å². The fourth-order valence-electron chi connectivity index (χ4n) is 2.81. The number of hydrogen-bond acceptors (Lipinski definition) is 4. The van der Waals surface area contributed by atoms with Crippen LogP contribution in [-0.4, -0.2) is 74.6 Å². The molecular formula is C18H26BrN3O3. The van der Waals surface area contributed by atoms with Crippen molar-refractivity contribution in [3.8, 4) is 0 Å². The molecule has 1 aliphatic rings. The predicted molar refractivity (Wildman–Crippen MR) is 100 cm³/mol. The molecule has 25 heavy (non-hydrogen) atoms. The third-order valence-electron chi connectivity index (χ3n) is 4.24. The van der Waals surface area contributed by atoms with Crippen LogP contribution in [0.5, 0.6) is 0 Å². The number of ether oxygens (including phenoxy) is 1. The van der Waals surface area contributed by atoms with Gasteiger partial charge in [-0.3, -0.25) is 14.5 Å². The highest BCUT2D eigenvalue weighted by molar-refractivity contribution is 9.10. The largest absolute Gasteiger partial charge is 0.383 e. The number of benzene rings is 1. The second kappa shape index (κ2) is 10.5. The van der Waals surface area contributed by atoms with Crippen molar-refractivity contribution in [1.82, 2.24) is 15.1 Å². The second-order valence-corrected chi connectivity index (χ2v) is 7.05. The van der Waals surface area contributed by atoms with Gasteiger partial charge in [-0.1, -0.05) is 28.1 Å².